The van der Waals surface area contributed by atoms with Crippen LogP contribution in [0.1, 0.15) is 25.8 Å². The van der Waals surface area contributed by atoms with E-state index in [4.69, 9.17) is 5.73 Å². The number of benzene rings is 1. The highest BCUT2D eigenvalue weighted by molar-refractivity contribution is 7.98. The van der Waals surface area contributed by atoms with E-state index in [0.717, 1.165) is 16.7 Å². The Morgan fingerprint density at radius 3 is 2.50 bits per heavy atom. The highest BCUT2D eigenvalue weighted by Gasteiger charge is 2.17. The van der Waals surface area contributed by atoms with Crippen molar-refractivity contribution in [3.8, 4) is 0 Å². The number of nitrogens with two attached hydrogens (primary N) is 1. The lowest BCUT2D eigenvalue weighted by Crippen LogP contribution is -2.26. The molecule has 0 saturated carbocycles. The number of aliphatic hydroxyl groups excluding tert-OH is 1. The Labute approximate surface area is 184 Å². The number of aliphatic hydroxyl groups is 1. The van der Waals surface area contributed by atoms with E-state index in [1.807, 2.05) is 0 Å². The fraction of sp³-hybridized carbons (Fsp3) is 0.421. The van der Waals surface area contributed by atoms with E-state index in [1.54, 1.807) is 24.3 Å². The van der Waals surface area contributed by atoms with Gasteiger partial charge in [0.1, 0.15) is 4.70 Å². The van der Waals surface area contributed by atoms with Crippen molar-refractivity contribution in [3.63, 3.8) is 0 Å². The molecular formula is C19H25N5O3S3. The minimum atomic E-state index is -3.22. The predicted molar refractivity (Wildman–Crippen MR) is 123 cm³/mol. The number of rotatable bonds is 9. The molecular weight excluding hydrogens is 442 g/mol. The Morgan fingerprint density at radius 2 is 1.90 bits per heavy atom. The number of nitrogens with zero attached hydrogens (tertiary/aromatic N) is 3. The van der Waals surface area contributed by atoms with E-state index in [1.165, 1.54) is 29.4 Å². The number of sulfone groups is 1. The third-order valence-electron chi connectivity index (χ3n) is 4.29. The summed E-state index contributed by atoms with van der Waals surface area (Å²) in [6, 6.07) is 6.63. The fourth-order valence-corrected chi connectivity index (χ4v) is 5.06. The Balaban J connectivity index is 1.82. The Kier molecular flexibility index (Phi) is 7.17. The maximum atomic E-state index is 11.6. The Bertz CT molecular complexity index is 1110. The van der Waals surface area contributed by atoms with Crippen LogP contribution in [0.4, 0.5) is 10.9 Å². The van der Waals surface area contributed by atoms with Gasteiger partial charge in [-0.3, -0.25) is 0 Å². The second-order valence-electron chi connectivity index (χ2n) is 7.42. The van der Waals surface area contributed by atoms with Gasteiger partial charge < -0.3 is 16.2 Å². The highest BCUT2D eigenvalue weighted by Crippen LogP contribution is 2.32. The smallest absolute Gasteiger partial charge is 0.191 e. The van der Waals surface area contributed by atoms with Crippen LogP contribution in [-0.2, 0) is 15.6 Å². The molecule has 0 aliphatic heterocycles. The number of anilines is 2. The van der Waals surface area contributed by atoms with Crippen LogP contribution in [0.2, 0.25) is 0 Å². The summed E-state index contributed by atoms with van der Waals surface area (Å²) in [4.78, 5) is 13.7. The van der Waals surface area contributed by atoms with E-state index in [9.17, 15) is 13.5 Å². The van der Waals surface area contributed by atoms with Crippen molar-refractivity contribution in [2.45, 2.75) is 42.1 Å². The fourth-order valence-electron chi connectivity index (χ4n) is 2.90. The zero-order valence-corrected chi connectivity index (χ0v) is 19.4. The van der Waals surface area contributed by atoms with Crippen molar-refractivity contribution >= 4 is 54.2 Å². The summed E-state index contributed by atoms with van der Waals surface area (Å²) in [5, 5.41) is 14.0. The van der Waals surface area contributed by atoms with Gasteiger partial charge in [0.05, 0.1) is 17.5 Å². The molecule has 3 rings (SSSR count). The first-order chi connectivity index (χ1) is 14.2. The molecule has 0 spiro atoms. The third kappa shape index (κ3) is 5.81. The van der Waals surface area contributed by atoms with Gasteiger partial charge >= 0.3 is 0 Å². The molecule has 1 aromatic carbocycles. The zero-order valence-electron chi connectivity index (χ0n) is 17.0. The van der Waals surface area contributed by atoms with Crippen LogP contribution < -0.4 is 11.1 Å². The average Bonchev–Trinajstić information content (AvgIpc) is 3.05. The molecule has 0 radical (unpaired) electrons. The lowest BCUT2D eigenvalue weighted by atomic mass is 10.0. The SMILES string of the molecule is CC(C)C[C@H](CO)Nc1nc(SCc2ccc(S(C)(=O)=O)cc2)nc2nc(N)sc12. The highest BCUT2D eigenvalue weighted by atomic mass is 32.2. The van der Waals surface area contributed by atoms with E-state index in [-0.39, 0.29) is 12.6 Å². The average molecular weight is 468 g/mol. The Morgan fingerprint density at radius 1 is 1.20 bits per heavy atom. The first kappa shape index (κ1) is 22.7. The lowest BCUT2D eigenvalue weighted by molar-refractivity contribution is 0.259. The van der Waals surface area contributed by atoms with Crippen molar-refractivity contribution in [2.24, 2.45) is 5.92 Å². The minimum absolute atomic E-state index is 0.00682. The summed E-state index contributed by atoms with van der Waals surface area (Å²) < 4.78 is 24.0. The molecule has 11 heteroatoms. The van der Waals surface area contributed by atoms with Crippen molar-refractivity contribution < 1.29 is 13.5 Å². The monoisotopic (exact) mass is 467 g/mol. The van der Waals surface area contributed by atoms with Crippen LogP contribution in [-0.4, -0.2) is 47.4 Å². The minimum Gasteiger partial charge on any atom is -0.394 e. The second kappa shape index (κ2) is 9.46. The number of nitrogens with one attached hydrogen (secondary N) is 1. The van der Waals surface area contributed by atoms with Gasteiger partial charge in [-0.2, -0.15) is 0 Å². The Hall–Kier alpha value is -1.95. The van der Waals surface area contributed by atoms with Crippen molar-refractivity contribution in [1.82, 2.24) is 15.0 Å². The molecule has 2 aromatic heterocycles. The van der Waals surface area contributed by atoms with Gasteiger partial charge in [-0.15, -0.1) is 0 Å². The summed E-state index contributed by atoms with van der Waals surface area (Å²) in [5.74, 6) is 1.61. The molecule has 0 fully saturated rings. The van der Waals surface area contributed by atoms with Crippen LogP contribution >= 0.6 is 23.1 Å². The molecule has 2 heterocycles. The molecule has 8 nitrogen and oxygen atoms in total. The van der Waals surface area contributed by atoms with Crippen molar-refractivity contribution in [3.05, 3.63) is 29.8 Å². The molecule has 0 unspecified atom stereocenters. The summed E-state index contributed by atoms with van der Waals surface area (Å²) in [5.41, 5.74) is 7.35. The maximum Gasteiger partial charge on any atom is 0.191 e. The molecule has 0 amide bonds. The van der Waals surface area contributed by atoms with Crippen LogP contribution in [0.5, 0.6) is 0 Å². The number of fused-ring (bicyclic) bond motifs is 1. The number of aromatic nitrogens is 3. The first-order valence-electron chi connectivity index (χ1n) is 9.39. The molecule has 0 saturated heterocycles. The molecule has 0 bridgehead atoms. The first-order valence-corrected chi connectivity index (χ1v) is 13.1. The molecule has 3 aromatic rings. The molecule has 4 N–H and O–H groups in total. The lowest BCUT2D eigenvalue weighted by Gasteiger charge is -2.19. The van der Waals surface area contributed by atoms with Gasteiger partial charge in [0.15, 0.2) is 31.6 Å². The van der Waals surface area contributed by atoms with Crippen LogP contribution in [0, 0.1) is 5.92 Å². The number of hydrogen-bond donors (Lipinski definition) is 3. The molecule has 0 aliphatic rings. The summed E-state index contributed by atoms with van der Waals surface area (Å²) in [7, 11) is -3.22. The van der Waals surface area contributed by atoms with Crippen LogP contribution in [0.25, 0.3) is 10.3 Å². The van der Waals surface area contributed by atoms with Crippen LogP contribution in [0.3, 0.4) is 0 Å². The standard InChI is InChI=1S/C19H25N5O3S3/c1-11(2)8-13(9-25)21-16-15-17(22-18(20)29-15)24-19(23-16)28-10-12-4-6-14(7-5-12)30(3,26)27/h4-7,11,13,25H,8-10H2,1-3H3,(H3,20,21,22,23,24)/t13-/m1/s1. The van der Waals surface area contributed by atoms with Crippen molar-refractivity contribution in [2.75, 3.05) is 23.9 Å². The van der Waals surface area contributed by atoms with Gasteiger partial charge in [-0.05, 0) is 30.0 Å². The van der Waals surface area contributed by atoms with Crippen LogP contribution in [0.15, 0.2) is 34.3 Å². The molecule has 162 valence electrons. The molecule has 1 atom stereocenters. The third-order valence-corrected chi connectivity index (χ3v) is 7.21. The normalized spacial score (nSPS) is 13.1. The maximum absolute atomic E-state index is 11.6. The summed E-state index contributed by atoms with van der Waals surface area (Å²) >= 11 is 2.73. The number of thioether (sulfide) groups is 1. The van der Waals surface area contributed by atoms with E-state index < -0.39 is 9.84 Å². The quantitative estimate of drug-likeness (QED) is 0.321. The van der Waals surface area contributed by atoms with Crippen molar-refractivity contribution in [1.29, 1.82) is 0 Å². The zero-order chi connectivity index (χ0) is 21.9. The largest absolute Gasteiger partial charge is 0.394 e. The topological polar surface area (TPSA) is 131 Å². The van der Waals surface area contributed by atoms with E-state index >= 15 is 0 Å². The van der Waals surface area contributed by atoms with Gasteiger partial charge in [0.25, 0.3) is 0 Å². The number of hydrogen-bond acceptors (Lipinski definition) is 10. The van der Waals surface area contributed by atoms with Gasteiger partial charge in [0.2, 0.25) is 0 Å². The summed E-state index contributed by atoms with van der Waals surface area (Å²) in [6.07, 6.45) is 1.98. The number of nitrogen functional groups attached to an aromatic ring is 1. The van der Waals surface area contributed by atoms with Gasteiger partial charge in [-0.1, -0.05) is 49.1 Å². The van der Waals surface area contributed by atoms with E-state index in [2.05, 4.69) is 34.1 Å². The van der Waals surface area contributed by atoms with E-state index in [0.29, 0.717) is 38.3 Å². The predicted octanol–water partition coefficient (Wildman–Crippen LogP) is 3.18. The number of thiazole rings is 1. The van der Waals surface area contributed by atoms with Gasteiger partial charge in [-0.25, -0.2) is 23.4 Å². The van der Waals surface area contributed by atoms with Gasteiger partial charge in [0, 0.05) is 12.0 Å². The second-order valence-corrected chi connectivity index (χ2v) is 11.4. The molecule has 0 aliphatic carbocycles. The molecule has 30 heavy (non-hydrogen) atoms. The summed E-state index contributed by atoms with van der Waals surface area (Å²) in [6.45, 7) is 4.19.